The van der Waals surface area contributed by atoms with Gasteiger partial charge in [0.15, 0.2) is 5.96 Å². The Kier molecular flexibility index (Phi) is 12.6. The quantitative estimate of drug-likeness (QED) is 0.279. The number of rotatable bonds is 8. The fourth-order valence-electron chi connectivity index (χ4n) is 3.23. The maximum atomic E-state index is 5.67. The molecule has 160 valence electrons. The highest BCUT2D eigenvalue weighted by Gasteiger charge is 2.19. The van der Waals surface area contributed by atoms with Crippen LogP contribution in [0.25, 0.3) is 0 Å². The zero-order chi connectivity index (χ0) is 19.6. The standard InChI is InChI=1S/C21H35BrN4O.HI/c1-5-23-21(24-15-18-6-7-19(22)14-17(18)4)25-20-8-10-26(11-9-20)12-13-27-16(2)3;/h6-7,14,16,20H,5,8-13,15H2,1-4H3,(H2,23,24,25);1H. The first-order chi connectivity index (χ1) is 13.0. The molecule has 28 heavy (non-hydrogen) atoms. The zero-order valence-electron chi connectivity index (χ0n) is 17.6. The highest BCUT2D eigenvalue weighted by Crippen LogP contribution is 2.16. The van der Waals surface area contributed by atoms with Gasteiger partial charge in [-0.25, -0.2) is 4.99 Å². The number of benzene rings is 1. The Labute approximate surface area is 196 Å². The number of halogens is 2. The molecule has 1 heterocycles. The van der Waals surface area contributed by atoms with Crippen LogP contribution in [0, 0.1) is 6.92 Å². The van der Waals surface area contributed by atoms with Gasteiger partial charge >= 0.3 is 0 Å². The van der Waals surface area contributed by atoms with Gasteiger partial charge in [-0.3, -0.25) is 0 Å². The van der Waals surface area contributed by atoms with Crippen LogP contribution in [-0.4, -0.2) is 55.8 Å². The largest absolute Gasteiger partial charge is 0.377 e. The number of ether oxygens (including phenoxy) is 1. The van der Waals surface area contributed by atoms with Crippen LogP contribution in [0.3, 0.4) is 0 Å². The Bertz CT molecular complexity index is 604. The first kappa shape index (κ1) is 25.7. The molecule has 0 unspecified atom stereocenters. The minimum absolute atomic E-state index is 0. The van der Waals surface area contributed by atoms with E-state index in [4.69, 9.17) is 9.73 Å². The lowest BCUT2D eigenvalue weighted by Gasteiger charge is -2.33. The Morgan fingerprint density at radius 1 is 1.32 bits per heavy atom. The molecule has 0 bridgehead atoms. The first-order valence-corrected chi connectivity index (χ1v) is 10.9. The van der Waals surface area contributed by atoms with Crippen molar-refractivity contribution in [1.82, 2.24) is 15.5 Å². The third-order valence-electron chi connectivity index (χ3n) is 4.84. The lowest BCUT2D eigenvalue weighted by atomic mass is 10.1. The average Bonchev–Trinajstić information content (AvgIpc) is 2.62. The molecule has 5 nitrogen and oxygen atoms in total. The first-order valence-electron chi connectivity index (χ1n) is 10.1. The number of hydrogen-bond acceptors (Lipinski definition) is 3. The van der Waals surface area contributed by atoms with E-state index in [1.807, 2.05) is 0 Å². The Balaban J connectivity index is 0.00000392. The number of piperidine rings is 1. The van der Waals surface area contributed by atoms with E-state index in [2.05, 4.69) is 77.4 Å². The van der Waals surface area contributed by atoms with Crippen LogP contribution in [0.1, 0.15) is 44.7 Å². The summed E-state index contributed by atoms with van der Waals surface area (Å²) >= 11 is 3.52. The molecule has 2 N–H and O–H groups in total. The summed E-state index contributed by atoms with van der Waals surface area (Å²) in [4.78, 5) is 7.30. The van der Waals surface area contributed by atoms with Crippen molar-refractivity contribution in [3.05, 3.63) is 33.8 Å². The lowest BCUT2D eigenvalue weighted by Crippen LogP contribution is -2.49. The van der Waals surface area contributed by atoms with Crippen LogP contribution >= 0.6 is 39.9 Å². The van der Waals surface area contributed by atoms with E-state index in [-0.39, 0.29) is 24.0 Å². The van der Waals surface area contributed by atoms with Gasteiger partial charge in [-0.1, -0.05) is 22.0 Å². The van der Waals surface area contributed by atoms with Gasteiger partial charge < -0.3 is 20.3 Å². The second kappa shape index (κ2) is 13.8. The van der Waals surface area contributed by atoms with Crippen LogP contribution in [0.5, 0.6) is 0 Å². The minimum atomic E-state index is 0. The SMILES string of the molecule is CCNC(=NCc1ccc(Br)cc1C)NC1CCN(CCOC(C)C)CC1.I. The molecule has 0 amide bonds. The molecule has 1 saturated heterocycles. The molecule has 2 rings (SSSR count). The van der Waals surface area contributed by atoms with Gasteiger partial charge in [0.1, 0.15) is 0 Å². The van der Waals surface area contributed by atoms with Crippen molar-refractivity contribution < 1.29 is 4.74 Å². The molecule has 1 aromatic rings. The van der Waals surface area contributed by atoms with Crippen molar-refractivity contribution in [1.29, 1.82) is 0 Å². The Morgan fingerprint density at radius 3 is 2.64 bits per heavy atom. The van der Waals surface area contributed by atoms with E-state index in [9.17, 15) is 0 Å². The Hall–Kier alpha value is -0.380. The maximum Gasteiger partial charge on any atom is 0.191 e. The highest BCUT2D eigenvalue weighted by molar-refractivity contribution is 14.0. The van der Waals surface area contributed by atoms with Crippen molar-refractivity contribution >= 4 is 45.9 Å². The van der Waals surface area contributed by atoms with E-state index in [1.165, 1.54) is 11.1 Å². The van der Waals surface area contributed by atoms with Gasteiger partial charge in [0, 0.05) is 36.7 Å². The molecule has 0 aromatic heterocycles. The number of likely N-dealkylation sites (tertiary alicyclic amines) is 1. The summed E-state index contributed by atoms with van der Waals surface area (Å²) in [7, 11) is 0. The molecule has 0 atom stereocenters. The molecule has 1 aromatic carbocycles. The minimum Gasteiger partial charge on any atom is -0.377 e. The zero-order valence-corrected chi connectivity index (χ0v) is 21.5. The molecule has 0 spiro atoms. The molecular weight excluding hydrogens is 531 g/mol. The smallest absolute Gasteiger partial charge is 0.191 e. The number of aliphatic imine (C=N–C) groups is 1. The van der Waals surface area contributed by atoms with Crippen LogP contribution < -0.4 is 10.6 Å². The average molecular weight is 567 g/mol. The molecule has 0 aliphatic carbocycles. The number of hydrogen-bond donors (Lipinski definition) is 2. The van der Waals surface area contributed by atoms with Crippen molar-refractivity contribution in [2.75, 3.05) is 32.8 Å². The third-order valence-corrected chi connectivity index (χ3v) is 5.34. The number of aryl methyl sites for hydroxylation is 1. The summed E-state index contributed by atoms with van der Waals surface area (Å²) in [6, 6.07) is 6.85. The van der Waals surface area contributed by atoms with Crippen LogP contribution in [0.15, 0.2) is 27.7 Å². The number of nitrogens with one attached hydrogen (secondary N) is 2. The van der Waals surface area contributed by atoms with Gasteiger partial charge in [0.05, 0.1) is 19.3 Å². The van der Waals surface area contributed by atoms with Crippen molar-refractivity contribution in [3.8, 4) is 0 Å². The van der Waals surface area contributed by atoms with Gasteiger partial charge in [-0.15, -0.1) is 24.0 Å². The van der Waals surface area contributed by atoms with E-state index in [1.54, 1.807) is 0 Å². The summed E-state index contributed by atoms with van der Waals surface area (Å²) in [5.74, 6) is 0.918. The molecule has 7 heteroatoms. The topological polar surface area (TPSA) is 48.9 Å². The van der Waals surface area contributed by atoms with Crippen LogP contribution in [-0.2, 0) is 11.3 Å². The summed E-state index contributed by atoms with van der Waals surface area (Å²) in [5, 5.41) is 7.01. The number of guanidine groups is 1. The molecule has 1 fully saturated rings. The number of nitrogens with zero attached hydrogens (tertiary/aromatic N) is 2. The fourth-order valence-corrected chi connectivity index (χ4v) is 3.71. The second-order valence-corrected chi connectivity index (χ2v) is 8.36. The normalized spacial score (nSPS) is 16.1. The van der Waals surface area contributed by atoms with E-state index in [0.717, 1.165) is 56.1 Å². The van der Waals surface area contributed by atoms with Crippen molar-refractivity contribution in [2.45, 2.75) is 59.2 Å². The van der Waals surface area contributed by atoms with Crippen molar-refractivity contribution in [3.63, 3.8) is 0 Å². The molecule has 0 saturated carbocycles. The van der Waals surface area contributed by atoms with Crippen molar-refractivity contribution in [2.24, 2.45) is 4.99 Å². The molecular formula is C21H36BrIN4O. The van der Waals surface area contributed by atoms with Gasteiger partial charge in [0.25, 0.3) is 0 Å². The van der Waals surface area contributed by atoms with Crippen LogP contribution in [0.4, 0.5) is 0 Å². The van der Waals surface area contributed by atoms with Gasteiger partial charge in [-0.2, -0.15) is 0 Å². The van der Waals surface area contributed by atoms with Gasteiger partial charge in [-0.05, 0) is 63.8 Å². The predicted octanol–water partition coefficient (Wildman–Crippen LogP) is 4.32. The third kappa shape index (κ3) is 9.41. The molecule has 1 aliphatic rings. The van der Waals surface area contributed by atoms with E-state index in [0.29, 0.717) is 18.7 Å². The summed E-state index contributed by atoms with van der Waals surface area (Å²) < 4.78 is 6.78. The maximum absolute atomic E-state index is 5.67. The predicted molar refractivity (Wildman–Crippen MR) is 133 cm³/mol. The second-order valence-electron chi connectivity index (χ2n) is 7.45. The summed E-state index contributed by atoms with van der Waals surface area (Å²) in [6.07, 6.45) is 2.60. The van der Waals surface area contributed by atoms with Gasteiger partial charge in [0.2, 0.25) is 0 Å². The summed E-state index contributed by atoms with van der Waals surface area (Å²) in [5.41, 5.74) is 2.52. The Morgan fingerprint density at radius 2 is 2.04 bits per heavy atom. The monoisotopic (exact) mass is 566 g/mol. The highest BCUT2D eigenvalue weighted by atomic mass is 127. The van der Waals surface area contributed by atoms with E-state index < -0.39 is 0 Å². The molecule has 0 radical (unpaired) electrons. The molecule has 1 aliphatic heterocycles. The van der Waals surface area contributed by atoms with E-state index >= 15 is 0 Å². The fraction of sp³-hybridized carbons (Fsp3) is 0.667. The summed E-state index contributed by atoms with van der Waals surface area (Å²) in [6.45, 7) is 14.1. The van der Waals surface area contributed by atoms with Crippen LogP contribution in [0.2, 0.25) is 0 Å². The lowest BCUT2D eigenvalue weighted by molar-refractivity contribution is 0.0532.